The van der Waals surface area contributed by atoms with Crippen LogP contribution >= 0.6 is 28.6 Å². The largest absolute Gasteiger partial charge is 0.322 e. The Labute approximate surface area is 120 Å². The van der Waals surface area contributed by atoms with Crippen LogP contribution in [-0.2, 0) is 0 Å². The number of anilines is 1. The average Bonchev–Trinajstić information content (AvgIpc) is 2.36. The van der Waals surface area contributed by atoms with Crippen LogP contribution in [0.2, 0.25) is 0 Å². The van der Waals surface area contributed by atoms with Crippen molar-refractivity contribution in [1.29, 1.82) is 0 Å². The van der Waals surface area contributed by atoms with E-state index in [1.807, 2.05) is 25.1 Å². The Balaban J connectivity index is 2.21. The van der Waals surface area contributed by atoms with E-state index in [1.165, 1.54) is 0 Å². The van der Waals surface area contributed by atoms with Gasteiger partial charge in [-0.05, 0) is 48.9 Å². The third kappa shape index (κ3) is 2.94. The Bertz CT molecular complexity index is 581. The quantitative estimate of drug-likeness (QED) is 0.793. The van der Waals surface area contributed by atoms with Crippen LogP contribution in [0.25, 0.3) is 0 Å². The lowest BCUT2D eigenvalue weighted by atomic mass is 10.1. The second-order valence-corrected chi connectivity index (χ2v) is 5.28. The molecule has 2 nitrogen and oxygen atoms in total. The molecule has 1 amide bonds. The lowest BCUT2D eigenvalue weighted by molar-refractivity contribution is 0.102. The molecule has 0 aromatic heterocycles. The summed E-state index contributed by atoms with van der Waals surface area (Å²) in [7, 11) is 0. The maximum atomic E-state index is 12.0. The summed E-state index contributed by atoms with van der Waals surface area (Å²) in [6.07, 6.45) is 0. The first-order valence-corrected chi connectivity index (χ1v) is 6.67. The standard InChI is InChI=1S/C14H12BrNOS/c1-9-12(15)3-2-4-13(9)16-14(17)10-5-7-11(18)8-6-10/h2-8,18H,1H3,(H,16,17). The first-order valence-electron chi connectivity index (χ1n) is 5.43. The zero-order chi connectivity index (χ0) is 13.1. The molecule has 0 saturated carbocycles. The van der Waals surface area contributed by atoms with E-state index in [0.29, 0.717) is 5.56 Å². The molecule has 0 radical (unpaired) electrons. The summed E-state index contributed by atoms with van der Waals surface area (Å²) in [6, 6.07) is 12.8. The summed E-state index contributed by atoms with van der Waals surface area (Å²) < 4.78 is 0.978. The molecule has 18 heavy (non-hydrogen) atoms. The van der Waals surface area contributed by atoms with E-state index in [1.54, 1.807) is 24.3 Å². The zero-order valence-corrected chi connectivity index (χ0v) is 12.3. The number of carbonyl (C=O) groups excluding carboxylic acids is 1. The predicted molar refractivity (Wildman–Crippen MR) is 80.5 cm³/mol. The fourth-order valence-corrected chi connectivity index (χ4v) is 2.07. The van der Waals surface area contributed by atoms with Gasteiger partial charge in [-0.1, -0.05) is 22.0 Å². The number of hydrogen-bond donors (Lipinski definition) is 2. The van der Waals surface area contributed by atoms with Crippen LogP contribution in [0.15, 0.2) is 51.8 Å². The minimum atomic E-state index is -0.121. The fraction of sp³-hybridized carbons (Fsp3) is 0.0714. The van der Waals surface area contributed by atoms with Gasteiger partial charge in [0.2, 0.25) is 0 Å². The average molecular weight is 322 g/mol. The van der Waals surface area contributed by atoms with Crippen molar-refractivity contribution in [3.63, 3.8) is 0 Å². The fourth-order valence-electron chi connectivity index (χ4n) is 1.55. The van der Waals surface area contributed by atoms with Gasteiger partial charge in [0.15, 0.2) is 0 Å². The van der Waals surface area contributed by atoms with Crippen LogP contribution in [0, 0.1) is 6.92 Å². The monoisotopic (exact) mass is 321 g/mol. The van der Waals surface area contributed by atoms with Gasteiger partial charge in [-0.2, -0.15) is 0 Å². The van der Waals surface area contributed by atoms with E-state index in [-0.39, 0.29) is 5.91 Å². The number of benzene rings is 2. The Morgan fingerprint density at radius 1 is 1.17 bits per heavy atom. The van der Waals surface area contributed by atoms with Crippen molar-refractivity contribution in [3.05, 3.63) is 58.1 Å². The number of rotatable bonds is 2. The topological polar surface area (TPSA) is 29.1 Å². The van der Waals surface area contributed by atoms with Crippen molar-refractivity contribution < 1.29 is 4.79 Å². The van der Waals surface area contributed by atoms with E-state index >= 15 is 0 Å². The molecule has 0 aliphatic carbocycles. The molecular formula is C14H12BrNOS. The van der Waals surface area contributed by atoms with Gasteiger partial charge in [-0.3, -0.25) is 4.79 Å². The SMILES string of the molecule is Cc1c(Br)cccc1NC(=O)c1ccc(S)cc1. The second kappa shape index (κ2) is 5.59. The molecule has 4 heteroatoms. The molecule has 1 N–H and O–H groups in total. The van der Waals surface area contributed by atoms with Crippen LogP contribution in [0.3, 0.4) is 0 Å². The van der Waals surface area contributed by atoms with Crippen molar-refractivity contribution >= 4 is 40.2 Å². The summed E-state index contributed by atoms with van der Waals surface area (Å²) in [5, 5.41) is 2.89. The minimum absolute atomic E-state index is 0.121. The van der Waals surface area contributed by atoms with E-state index in [9.17, 15) is 4.79 Å². The van der Waals surface area contributed by atoms with Crippen molar-refractivity contribution in [2.45, 2.75) is 11.8 Å². The van der Waals surface area contributed by atoms with Crippen LogP contribution in [-0.4, -0.2) is 5.91 Å². The summed E-state index contributed by atoms with van der Waals surface area (Å²) in [5.74, 6) is -0.121. The molecule has 0 spiro atoms. The Kier molecular flexibility index (Phi) is 4.09. The molecule has 0 unspecified atom stereocenters. The van der Waals surface area contributed by atoms with Crippen LogP contribution in [0.1, 0.15) is 15.9 Å². The minimum Gasteiger partial charge on any atom is -0.322 e. The van der Waals surface area contributed by atoms with Gasteiger partial charge in [-0.25, -0.2) is 0 Å². The van der Waals surface area contributed by atoms with Crippen molar-refractivity contribution in [1.82, 2.24) is 0 Å². The predicted octanol–water partition coefficient (Wildman–Crippen LogP) is 4.30. The van der Waals surface area contributed by atoms with Gasteiger partial charge in [0.1, 0.15) is 0 Å². The highest BCUT2D eigenvalue weighted by Gasteiger charge is 2.08. The van der Waals surface area contributed by atoms with Gasteiger partial charge in [0, 0.05) is 20.6 Å². The van der Waals surface area contributed by atoms with Gasteiger partial charge in [0.25, 0.3) is 5.91 Å². The maximum Gasteiger partial charge on any atom is 0.255 e. The summed E-state index contributed by atoms with van der Waals surface area (Å²) >= 11 is 7.63. The van der Waals surface area contributed by atoms with E-state index in [4.69, 9.17) is 0 Å². The molecule has 0 saturated heterocycles. The molecule has 2 rings (SSSR count). The molecule has 0 heterocycles. The summed E-state index contributed by atoms with van der Waals surface area (Å²) in [5.41, 5.74) is 2.44. The molecule has 2 aromatic carbocycles. The lowest BCUT2D eigenvalue weighted by Gasteiger charge is -2.09. The normalized spacial score (nSPS) is 10.2. The highest BCUT2D eigenvalue weighted by Crippen LogP contribution is 2.24. The van der Waals surface area contributed by atoms with Crippen molar-refractivity contribution in [2.24, 2.45) is 0 Å². The molecule has 92 valence electrons. The van der Waals surface area contributed by atoms with Crippen LogP contribution < -0.4 is 5.32 Å². The third-order valence-corrected chi connectivity index (χ3v) is 3.80. The molecule has 0 fully saturated rings. The van der Waals surface area contributed by atoms with Gasteiger partial charge >= 0.3 is 0 Å². The smallest absolute Gasteiger partial charge is 0.255 e. The Hall–Kier alpha value is -1.26. The molecular weight excluding hydrogens is 310 g/mol. The highest BCUT2D eigenvalue weighted by molar-refractivity contribution is 9.10. The summed E-state index contributed by atoms with van der Waals surface area (Å²) in [6.45, 7) is 1.95. The highest BCUT2D eigenvalue weighted by atomic mass is 79.9. The first kappa shape index (κ1) is 13.2. The van der Waals surface area contributed by atoms with Crippen LogP contribution in [0.4, 0.5) is 5.69 Å². The van der Waals surface area contributed by atoms with Gasteiger partial charge < -0.3 is 5.32 Å². The number of nitrogens with one attached hydrogen (secondary N) is 1. The van der Waals surface area contributed by atoms with Crippen molar-refractivity contribution in [3.8, 4) is 0 Å². The summed E-state index contributed by atoms with van der Waals surface area (Å²) in [4.78, 5) is 12.9. The van der Waals surface area contributed by atoms with Crippen LogP contribution in [0.5, 0.6) is 0 Å². The third-order valence-electron chi connectivity index (χ3n) is 2.65. The van der Waals surface area contributed by atoms with Crippen molar-refractivity contribution in [2.75, 3.05) is 5.32 Å². The number of carbonyl (C=O) groups is 1. The molecule has 0 aliphatic rings. The van der Waals surface area contributed by atoms with Gasteiger partial charge in [-0.15, -0.1) is 12.6 Å². The molecule has 0 aliphatic heterocycles. The molecule has 2 aromatic rings. The Morgan fingerprint density at radius 2 is 1.83 bits per heavy atom. The number of hydrogen-bond acceptors (Lipinski definition) is 2. The Morgan fingerprint density at radius 3 is 2.50 bits per heavy atom. The zero-order valence-electron chi connectivity index (χ0n) is 9.77. The number of thiol groups is 1. The molecule has 0 bridgehead atoms. The van der Waals surface area contributed by atoms with E-state index in [2.05, 4.69) is 33.9 Å². The number of halogens is 1. The van der Waals surface area contributed by atoms with Gasteiger partial charge in [0.05, 0.1) is 0 Å². The van der Waals surface area contributed by atoms with E-state index in [0.717, 1.165) is 20.6 Å². The first-order chi connectivity index (χ1) is 8.58. The number of amides is 1. The van der Waals surface area contributed by atoms with E-state index < -0.39 is 0 Å². The second-order valence-electron chi connectivity index (χ2n) is 3.91. The maximum absolute atomic E-state index is 12.0. The lowest BCUT2D eigenvalue weighted by Crippen LogP contribution is -2.12. The molecule has 0 atom stereocenters.